The van der Waals surface area contributed by atoms with Gasteiger partial charge in [-0.05, 0) is 51.3 Å². The number of urea groups is 1. The second-order valence-corrected chi connectivity index (χ2v) is 8.87. The zero-order valence-corrected chi connectivity index (χ0v) is 16.8. The standard InChI is InChI=1S/C19H31N3O3S/c1-4-22(17-10-6-5-7-11-17)19(23)20-14-16-9-8-12-18(13-16)26(24,25)21-15(2)3/h8-9,12-13,15,17,21H,4-7,10-11,14H2,1-3H3,(H,20,23). The molecule has 1 aliphatic carbocycles. The van der Waals surface area contributed by atoms with Crippen LogP contribution in [0.1, 0.15) is 58.4 Å². The van der Waals surface area contributed by atoms with Gasteiger partial charge in [0.25, 0.3) is 0 Å². The monoisotopic (exact) mass is 381 g/mol. The van der Waals surface area contributed by atoms with Crippen LogP contribution in [0.2, 0.25) is 0 Å². The minimum atomic E-state index is -3.53. The largest absolute Gasteiger partial charge is 0.334 e. The number of benzene rings is 1. The maximum Gasteiger partial charge on any atom is 0.317 e. The fraction of sp³-hybridized carbons (Fsp3) is 0.632. The molecule has 0 unspecified atom stereocenters. The van der Waals surface area contributed by atoms with Crippen LogP contribution in [0, 0.1) is 0 Å². The Hall–Kier alpha value is -1.60. The zero-order valence-electron chi connectivity index (χ0n) is 16.0. The van der Waals surface area contributed by atoms with Crippen LogP contribution < -0.4 is 10.0 Å². The molecule has 2 amide bonds. The van der Waals surface area contributed by atoms with Crippen LogP contribution in [0.15, 0.2) is 29.2 Å². The van der Waals surface area contributed by atoms with Crippen molar-refractivity contribution in [3.63, 3.8) is 0 Å². The molecule has 2 rings (SSSR count). The van der Waals surface area contributed by atoms with Crippen molar-refractivity contribution in [2.75, 3.05) is 6.54 Å². The summed E-state index contributed by atoms with van der Waals surface area (Å²) in [5.74, 6) is 0. The van der Waals surface area contributed by atoms with Gasteiger partial charge in [-0.1, -0.05) is 31.4 Å². The number of rotatable bonds is 7. The third-order valence-electron chi connectivity index (χ3n) is 4.66. The smallest absolute Gasteiger partial charge is 0.317 e. The molecular formula is C19H31N3O3S. The lowest BCUT2D eigenvalue weighted by atomic mass is 9.94. The maximum atomic E-state index is 12.6. The van der Waals surface area contributed by atoms with Gasteiger partial charge in [-0.15, -0.1) is 0 Å². The van der Waals surface area contributed by atoms with Gasteiger partial charge in [-0.2, -0.15) is 0 Å². The van der Waals surface area contributed by atoms with Crippen LogP contribution in [0.3, 0.4) is 0 Å². The quantitative estimate of drug-likeness (QED) is 0.761. The fourth-order valence-corrected chi connectivity index (χ4v) is 4.76. The Morgan fingerprint density at radius 3 is 2.54 bits per heavy atom. The summed E-state index contributed by atoms with van der Waals surface area (Å²) in [6.07, 6.45) is 5.74. The third-order valence-corrected chi connectivity index (χ3v) is 6.32. The SMILES string of the molecule is CCN(C(=O)NCc1cccc(S(=O)(=O)NC(C)C)c1)C1CCCCC1. The number of nitrogens with one attached hydrogen (secondary N) is 2. The van der Waals surface area contributed by atoms with Crippen molar-refractivity contribution >= 4 is 16.1 Å². The highest BCUT2D eigenvalue weighted by Gasteiger charge is 2.24. The van der Waals surface area contributed by atoms with Gasteiger partial charge in [-0.3, -0.25) is 0 Å². The minimum absolute atomic E-state index is 0.0760. The Bertz CT molecular complexity index is 698. The van der Waals surface area contributed by atoms with Gasteiger partial charge in [0.15, 0.2) is 0 Å². The van der Waals surface area contributed by atoms with E-state index in [9.17, 15) is 13.2 Å². The molecule has 0 bridgehead atoms. The summed E-state index contributed by atoms with van der Waals surface area (Å²) in [6.45, 7) is 6.56. The Morgan fingerprint density at radius 2 is 1.92 bits per heavy atom. The van der Waals surface area contributed by atoms with Crippen LogP contribution in [-0.4, -0.2) is 38.0 Å². The van der Waals surface area contributed by atoms with Crippen LogP contribution in [0.4, 0.5) is 4.79 Å². The highest BCUT2D eigenvalue weighted by atomic mass is 32.2. The summed E-state index contributed by atoms with van der Waals surface area (Å²) in [5.41, 5.74) is 0.768. The number of carbonyl (C=O) groups is 1. The molecule has 6 nitrogen and oxygen atoms in total. The third kappa shape index (κ3) is 5.71. The predicted octanol–water partition coefficient (Wildman–Crippen LogP) is 3.24. The number of amides is 2. The molecule has 0 spiro atoms. The number of nitrogens with zero attached hydrogens (tertiary/aromatic N) is 1. The van der Waals surface area contributed by atoms with E-state index in [2.05, 4.69) is 10.0 Å². The van der Waals surface area contributed by atoms with Crippen molar-refractivity contribution in [2.24, 2.45) is 0 Å². The molecule has 146 valence electrons. The summed E-state index contributed by atoms with van der Waals surface area (Å²) < 4.78 is 27.1. The molecule has 1 saturated carbocycles. The van der Waals surface area contributed by atoms with E-state index in [-0.39, 0.29) is 17.0 Å². The van der Waals surface area contributed by atoms with Crippen molar-refractivity contribution in [3.8, 4) is 0 Å². The molecule has 0 atom stereocenters. The van der Waals surface area contributed by atoms with E-state index >= 15 is 0 Å². The molecule has 0 aliphatic heterocycles. The van der Waals surface area contributed by atoms with E-state index < -0.39 is 10.0 Å². The molecule has 1 fully saturated rings. The second-order valence-electron chi connectivity index (χ2n) is 7.16. The fourth-order valence-electron chi connectivity index (χ4n) is 3.44. The highest BCUT2D eigenvalue weighted by molar-refractivity contribution is 7.89. The molecule has 2 N–H and O–H groups in total. The van der Waals surface area contributed by atoms with Crippen LogP contribution in [-0.2, 0) is 16.6 Å². The number of hydrogen-bond acceptors (Lipinski definition) is 3. The van der Waals surface area contributed by atoms with Gasteiger partial charge in [0.2, 0.25) is 10.0 Å². The maximum absolute atomic E-state index is 12.6. The summed E-state index contributed by atoms with van der Waals surface area (Å²) >= 11 is 0. The first-order valence-corrected chi connectivity index (χ1v) is 11.0. The predicted molar refractivity (Wildman–Crippen MR) is 103 cm³/mol. The highest BCUT2D eigenvalue weighted by Crippen LogP contribution is 2.22. The van der Waals surface area contributed by atoms with E-state index in [1.165, 1.54) is 19.3 Å². The Morgan fingerprint density at radius 1 is 1.23 bits per heavy atom. The average Bonchev–Trinajstić information content (AvgIpc) is 2.61. The van der Waals surface area contributed by atoms with E-state index in [0.717, 1.165) is 18.4 Å². The van der Waals surface area contributed by atoms with Gasteiger partial charge in [0.1, 0.15) is 0 Å². The van der Waals surface area contributed by atoms with Crippen molar-refractivity contribution in [2.45, 2.75) is 76.4 Å². The molecule has 0 radical (unpaired) electrons. The summed E-state index contributed by atoms with van der Waals surface area (Å²) in [7, 11) is -3.53. The van der Waals surface area contributed by atoms with Gasteiger partial charge in [-0.25, -0.2) is 17.9 Å². The molecule has 0 heterocycles. The molecular weight excluding hydrogens is 350 g/mol. The van der Waals surface area contributed by atoms with E-state index in [4.69, 9.17) is 0 Å². The summed E-state index contributed by atoms with van der Waals surface area (Å²) in [4.78, 5) is 14.7. The molecule has 1 aromatic carbocycles. The molecule has 0 saturated heterocycles. The second kappa shape index (κ2) is 9.37. The first kappa shape index (κ1) is 20.7. The van der Waals surface area contributed by atoms with Crippen LogP contribution in [0.5, 0.6) is 0 Å². The lowest BCUT2D eigenvalue weighted by Gasteiger charge is -2.33. The summed E-state index contributed by atoms with van der Waals surface area (Å²) in [6, 6.07) is 6.78. The lowest BCUT2D eigenvalue weighted by Crippen LogP contribution is -2.46. The molecule has 1 aromatic rings. The molecule has 0 aromatic heterocycles. The van der Waals surface area contributed by atoms with E-state index in [0.29, 0.717) is 19.1 Å². The normalized spacial score (nSPS) is 15.8. The Labute approximate surface area is 157 Å². The number of hydrogen-bond donors (Lipinski definition) is 2. The lowest BCUT2D eigenvalue weighted by molar-refractivity contribution is 0.159. The van der Waals surface area contributed by atoms with Gasteiger partial charge in [0.05, 0.1) is 4.90 Å². The van der Waals surface area contributed by atoms with Gasteiger partial charge >= 0.3 is 6.03 Å². The number of carbonyl (C=O) groups excluding carboxylic acids is 1. The molecule has 7 heteroatoms. The first-order valence-electron chi connectivity index (χ1n) is 9.49. The van der Waals surface area contributed by atoms with Crippen molar-refractivity contribution in [3.05, 3.63) is 29.8 Å². The van der Waals surface area contributed by atoms with Crippen molar-refractivity contribution in [1.82, 2.24) is 14.9 Å². The Kier molecular flexibility index (Phi) is 7.46. The van der Waals surface area contributed by atoms with E-state index in [1.54, 1.807) is 32.0 Å². The van der Waals surface area contributed by atoms with Crippen LogP contribution >= 0.6 is 0 Å². The van der Waals surface area contributed by atoms with E-state index in [1.807, 2.05) is 17.9 Å². The van der Waals surface area contributed by atoms with Crippen LogP contribution in [0.25, 0.3) is 0 Å². The average molecular weight is 382 g/mol. The Balaban J connectivity index is 2.00. The first-order chi connectivity index (χ1) is 12.3. The van der Waals surface area contributed by atoms with Gasteiger partial charge < -0.3 is 10.2 Å². The molecule has 26 heavy (non-hydrogen) atoms. The zero-order chi connectivity index (χ0) is 19.2. The van der Waals surface area contributed by atoms with Gasteiger partial charge in [0, 0.05) is 25.2 Å². The topological polar surface area (TPSA) is 78.5 Å². The molecule has 1 aliphatic rings. The number of sulfonamides is 1. The van der Waals surface area contributed by atoms with Crippen molar-refractivity contribution in [1.29, 1.82) is 0 Å². The minimum Gasteiger partial charge on any atom is -0.334 e. The summed E-state index contributed by atoms with van der Waals surface area (Å²) in [5, 5.41) is 2.94. The van der Waals surface area contributed by atoms with Crippen molar-refractivity contribution < 1.29 is 13.2 Å².